The second kappa shape index (κ2) is 10.2. The van der Waals surface area contributed by atoms with E-state index in [-0.39, 0.29) is 12.4 Å². The molecule has 0 aromatic heterocycles. The van der Waals surface area contributed by atoms with Gasteiger partial charge in [0.05, 0.1) is 7.11 Å². The fraction of sp³-hybridized carbons (Fsp3) is 0.429. The maximum atomic E-state index is 5.75. The molecule has 142 valence electrons. The number of ether oxygens (including phenoxy) is 1. The van der Waals surface area contributed by atoms with Crippen molar-refractivity contribution < 1.29 is 4.74 Å². The van der Waals surface area contributed by atoms with E-state index in [0.29, 0.717) is 0 Å². The lowest BCUT2D eigenvalue weighted by Gasteiger charge is -2.32. The van der Waals surface area contributed by atoms with E-state index in [1.807, 2.05) is 18.2 Å². The zero-order valence-electron chi connectivity index (χ0n) is 15.3. The molecule has 2 N–H and O–H groups in total. The highest BCUT2D eigenvalue weighted by atomic mass is 79.9. The van der Waals surface area contributed by atoms with Crippen molar-refractivity contribution in [2.24, 2.45) is 5.92 Å². The summed E-state index contributed by atoms with van der Waals surface area (Å²) in [5, 5.41) is 0. The third kappa shape index (κ3) is 5.90. The number of hydrogen-bond acceptors (Lipinski definition) is 3. The van der Waals surface area contributed by atoms with Gasteiger partial charge >= 0.3 is 0 Å². The number of methoxy groups -OCH3 is 1. The molecule has 0 radical (unpaired) electrons. The molecular weight excluding hydrogens is 412 g/mol. The van der Waals surface area contributed by atoms with Gasteiger partial charge in [-0.3, -0.25) is 0 Å². The van der Waals surface area contributed by atoms with Gasteiger partial charge in [0.2, 0.25) is 0 Å². The standard InChI is InChI=1S/C21H27BrN2O.ClH/c1-25-20-6-7-21(22)18(15-20)14-17-9-12-24(13-10-17)11-8-16-2-4-19(23)5-3-16;/h2-7,15,17H,8-14,23H2,1H3;1H. The fourth-order valence-corrected chi connectivity index (χ4v) is 3.94. The summed E-state index contributed by atoms with van der Waals surface area (Å²) in [6, 6.07) is 14.5. The predicted octanol–water partition coefficient (Wildman–Crippen LogP) is 4.96. The summed E-state index contributed by atoms with van der Waals surface area (Å²) in [6.45, 7) is 3.53. The first kappa shape index (κ1) is 21.1. The smallest absolute Gasteiger partial charge is 0.119 e. The molecule has 1 fully saturated rings. The molecule has 0 amide bonds. The number of nitrogens with zero attached hydrogens (tertiary/aromatic N) is 1. The molecule has 0 unspecified atom stereocenters. The van der Waals surface area contributed by atoms with Gasteiger partial charge in [0.1, 0.15) is 5.75 Å². The molecule has 0 atom stereocenters. The molecule has 0 bridgehead atoms. The summed E-state index contributed by atoms with van der Waals surface area (Å²) < 4.78 is 6.55. The van der Waals surface area contributed by atoms with Crippen LogP contribution in [-0.2, 0) is 12.8 Å². The zero-order chi connectivity index (χ0) is 17.6. The Balaban J connectivity index is 0.00000243. The minimum absolute atomic E-state index is 0. The number of nitrogens with two attached hydrogens (primary N) is 1. The molecule has 3 nitrogen and oxygen atoms in total. The molecule has 0 aliphatic carbocycles. The van der Waals surface area contributed by atoms with Crippen molar-refractivity contribution in [1.82, 2.24) is 4.90 Å². The van der Waals surface area contributed by atoms with Gasteiger partial charge in [-0.05, 0) is 86.1 Å². The van der Waals surface area contributed by atoms with E-state index in [1.165, 1.54) is 41.5 Å². The molecular formula is C21H28BrClN2O. The van der Waals surface area contributed by atoms with Crippen LogP contribution in [-0.4, -0.2) is 31.6 Å². The highest BCUT2D eigenvalue weighted by Crippen LogP contribution is 2.28. The maximum Gasteiger partial charge on any atom is 0.119 e. The minimum atomic E-state index is 0. The van der Waals surface area contributed by atoms with E-state index in [1.54, 1.807) is 7.11 Å². The van der Waals surface area contributed by atoms with Crippen LogP contribution in [0.4, 0.5) is 5.69 Å². The van der Waals surface area contributed by atoms with E-state index in [2.05, 4.69) is 45.1 Å². The number of rotatable bonds is 6. The number of piperidine rings is 1. The molecule has 1 aliphatic heterocycles. The van der Waals surface area contributed by atoms with Crippen LogP contribution in [0.3, 0.4) is 0 Å². The summed E-state index contributed by atoms with van der Waals surface area (Å²) in [5.74, 6) is 1.70. The molecule has 1 aliphatic rings. The van der Waals surface area contributed by atoms with Gasteiger partial charge in [-0.1, -0.05) is 28.1 Å². The summed E-state index contributed by atoms with van der Waals surface area (Å²) in [4.78, 5) is 2.59. The first-order valence-corrected chi connectivity index (χ1v) is 9.82. The first-order chi connectivity index (χ1) is 12.1. The normalized spacial score (nSPS) is 15.5. The second-order valence-corrected chi connectivity index (χ2v) is 7.79. The lowest BCUT2D eigenvalue weighted by Crippen LogP contribution is -2.35. The molecule has 1 heterocycles. The lowest BCUT2D eigenvalue weighted by molar-refractivity contribution is 0.186. The fourth-order valence-electron chi connectivity index (χ4n) is 3.53. The first-order valence-electron chi connectivity index (χ1n) is 9.03. The summed E-state index contributed by atoms with van der Waals surface area (Å²) in [5.41, 5.74) is 9.33. The maximum absolute atomic E-state index is 5.75. The molecule has 0 saturated carbocycles. The monoisotopic (exact) mass is 438 g/mol. The summed E-state index contributed by atoms with van der Waals surface area (Å²) >= 11 is 3.68. The predicted molar refractivity (Wildman–Crippen MR) is 115 cm³/mol. The summed E-state index contributed by atoms with van der Waals surface area (Å²) in [7, 11) is 1.73. The van der Waals surface area contributed by atoms with Crippen molar-refractivity contribution in [3.8, 4) is 5.75 Å². The van der Waals surface area contributed by atoms with Gasteiger partial charge in [-0.2, -0.15) is 0 Å². The Kier molecular flexibility index (Phi) is 8.26. The number of hydrogen-bond donors (Lipinski definition) is 1. The Labute approximate surface area is 171 Å². The van der Waals surface area contributed by atoms with Gasteiger partial charge in [-0.25, -0.2) is 0 Å². The Morgan fingerprint density at radius 2 is 1.81 bits per heavy atom. The van der Waals surface area contributed by atoms with Crippen molar-refractivity contribution in [3.63, 3.8) is 0 Å². The number of halogens is 2. The van der Waals surface area contributed by atoms with E-state index in [4.69, 9.17) is 10.5 Å². The minimum Gasteiger partial charge on any atom is -0.497 e. The van der Waals surface area contributed by atoms with Gasteiger partial charge in [0.25, 0.3) is 0 Å². The Bertz CT molecular complexity index is 685. The van der Waals surface area contributed by atoms with Crippen LogP contribution in [0.15, 0.2) is 46.9 Å². The lowest BCUT2D eigenvalue weighted by atomic mass is 9.90. The van der Waals surface area contributed by atoms with E-state index in [0.717, 1.165) is 36.7 Å². The van der Waals surface area contributed by atoms with Crippen molar-refractivity contribution >= 4 is 34.0 Å². The summed E-state index contributed by atoms with van der Waals surface area (Å²) in [6.07, 6.45) is 4.77. The highest BCUT2D eigenvalue weighted by molar-refractivity contribution is 9.10. The van der Waals surface area contributed by atoms with Gasteiger partial charge in [0.15, 0.2) is 0 Å². The van der Waals surface area contributed by atoms with Gasteiger partial charge in [0, 0.05) is 16.7 Å². The third-order valence-electron chi connectivity index (χ3n) is 5.17. The van der Waals surface area contributed by atoms with Crippen molar-refractivity contribution in [2.75, 3.05) is 32.5 Å². The number of anilines is 1. The average molecular weight is 440 g/mol. The number of likely N-dealkylation sites (tertiary alicyclic amines) is 1. The van der Waals surface area contributed by atoms with Crippen molar-refractivity contribution in [1.29, 1.82) is 0 Å². The van der Waals surface area contributed by atoms with Crippen molar-refractivity contribution in [2.45, 2.75) is 25.7 Å². The quantitative estimate of drug-likeness (QED) is 0.647. The van der Waals surface area contributed by atoms with Crippen LogP contribution in [0.2, 0.25) is 0 Å². The van der Waals surface area contributed by atoms with Gasteiger partial charge < -0.3 is 15.4 Å². The third-order valence-corrected chi connectivity index (χ3v) is 5.94. The van der Waals surface area contributed by atoms with Crippen LogP contribution in [0.25, 0.3) is 0 Å². The molecule has 26 heavy (non-hydrogen) atoms. The molecule has 5 heteroatoms. The zero-order valence-corrected chi connectivity index (χ0v) is 17.7. The molecule has 3 rings (SSSR count). The number of benzene rings is 2. The highest BCUT2D eigenvalue weighted by Gasteiger charge is 2.20. The Hall–Kier alpha value is -1.23. The van der Waals surface area contributed by atoms with Crippen LogP contribution in [0.5, 0.6) is 5.75 Å². The van der Waals surface area contributed by atoms with Crippen LogP contribution < -0.4 is 10.5 Å². The molecule has 2 aromatic rings. The van der Waals surface area contributed by atoms with Gasteiger partial charge in [-0.15, -0.1) is 12.4 Å². The SMILES string of the molecule is COc1ccc(Br)c(CC2CCN(CCc3ccc(N)cc3)CC2)c1.Cl. The number of nitrogen functional groups attached to an aromatic ring is 1. The van der Waals surface area contributed by atoms with E-state index < -0.39 is 0 Å². The van der Waals surface area contributed by atoms with E-state index in [9.17, 15) is 0 Å². The second-order valence-electron chi connectivity index (χ2n) is 6.94. The Morgan fingerprint density at radius 3 is 2.46 bits per heavy atom. The van der Waals surface area contributed by atoms with E-state index >= 15 is 0 Å². The molecule has 2 aromatic carbocycles. The molecule has 1 saturated heterocycles. The molecule has 0 spiro atoms. The Morgan fingerprint density at radius 1 is 1.12 bits per heavy atom. The topological polar surface area (TPSA) is 38.5 Å². The largest absolute Gasteiger partial charge is 0.497 e. The van der Waals surface area contributed by atoms with Crippen molar-refractivity contribution in [3.05, 3.63) is 58.1 Å². The van der Waals surface area contributed by atoms with Crippen LogP contribution >= 0.6 is 28.3 Å². The van der Waals surface area contributed by atoms with Crippen LogP contribution in [0.1, 0.15) is 24.0 Å². The average Bonchev–Trinajstić information content (AvgIpc) is 2.64. The van der Waals surface area contributed by atoms with Crippen LogP contribution in [0, 0.1) is 5.92 Å².